The van der Waals surface area contributed by atoms with Crippen molar-refractivity contribution in [1.29, 1.82) is 0 Å². The molecule has 0 aromatic carbocycles. The molecule has 1 atom stereocenters. The van der Waals surface area contributed by atoms with E-state index in [0.717, 1.165) is 0 Å². The number of rotatable bonds is 7. The van der Waals surface area contributed by atoms with Gasteiger partial charge in [-0.3, -0.25) is 0 Å². The van der Waals surface area contributed by atoms with Crippen LogP contribution in [0.2, 0.25) is 0 Å². The van der Waals surface area contributed by atoms with E-state index in [1.807, 2.05) is 0 Å². The second-order valence-electron chi connectivity index (χ2n) is 5.15. The zero-order chi connectivity index (χ0) is 15.1. The first-order chi connectivity index (χ1) is 8.69. The second-order valence-corrected chi connectivity index (χ2v) is 5.15. The predicted molar refractivity (Wildman–Crippen MR) is 74.7 cm³/mol. The number of hydrogen-bond acceptors (Lipinski definition) is 4. The number of nitrogens with one attached hydrogen (secondary N) is 1. The monoisotopic (exact) mass is 271 g/mol. The first kappa shape index (κ1) is 17.4. The van der Waals surface area contributed by atoms with Gasteiger partial charge in [-0.1, -0.05) is 13.2 Å². The highest BCUT2D eigenvalue weighted by atomic mass is 16.6. The van der Waals surface area contributed by atoms with Crippen LogP contribution in [0.1, 0.15) is 33.6 Å². The molecule has 0 aromatic rings. The van der Waals surface area contributed by atoms with E-state index in [2.05, 4.69) is 18.5 Å². The molecule has 110 valence electrons. The van der Waals surface area contributed by atoms with Gasteiger partial charge in [0.15, 0.2) is 0 Å². The molecule has 0 aliphatic rings. The van der Waals surface area contributed by atoms with Crippen molar-refractivity contribution in [3.8, 4) is 0 Å². The summed E-state index contributed by atoms with van der Waals surface area (Å²) in [5.41, 5.74) is -0.542. The van der Waals surface area contributed by atoms with E-state index in [4.69, 9.17) is 14.2 Å². The minimum absolute atomic E-state index is 0.341. The molecular formula is C14H25NO4. The summed E-state index contributed by atoms with van der Waals surface area (Å²) < 4.78 is 15.3. The van der Waals surface area contributed by atoms with E-state index in [9.17, 15) is 4.79 Å². The van der Waals surface area contributed by atoms with Gasteiger partial charge < -0.3 is 19.5 Å². The summed E-state index contributed by atoms with van der Waals surface area (Å²) in [7, 11) is 3.07. The highest BCUT2D eigenvalue weighted by Gasteiger charge is 2.21. The lowest BCUT2D eigenvalue weighted by Gasteiger charge is -2.24. The SMILES string of the molecule is C=C(CCC(NC(=O)OC(C)(C)C)C(=C)OC)OC. The molecule has 0 heterocycles. The summed E-state index contributed by atoms with van der Waals surface area (Å²) >= 11 is 0. The van der Waals surface area contributed by atoms with Gasteiger partial charge in [0.05, 0.1) is 26.0 Å². The van der Waals surface area contributed by atoms with Crippen molar-refractivity contribution in [2.24, 2.45) is 0 Å². The Bertz CT molecular complexity index is 331. The highest BCUT2D eigenvalue weighted by Crippen LogP contribution is 2.14. The van der Waals surface area contributed by atoms with Crippen LogP contribution >= 0.6 is 0 Å². The Labute approximate surface area is 115 Å². The first-order valence-electron chi connectivity index (χ1n) is 6.13. The van der Waals surface area contributed by atoms with Crippen LogP contribution in [0.25, 0.3) is 0 Å². The van der Waals surface area contributed by atoms with Crippen LogP contribution in [0.15, 0.2) is 24.7 Å². The lowest BCUT2D eigenvalue weighted by Crippen LogP contribution is -2.40. The van der Waals surface area contributed by atoms with Crippen molar-refractivity contribution in [1.82, 2.24) is 5.32 Å². The van der Waals surface area contributed by atoms with E-state index < -0.39 is 11.7 Å². The summed E-state index contributed by atoms with van der Waals surface area (Å²) in [6, 6.07) is -0.341. The molecule has 0 aliphatic heterocycles. The summed E-state index contributed by atoms with van der Waals surface area (Å²) in [4.78, 5) is 11.7. The van der Waals surface area contributed by atoms with Crippen LogP contribution < -0.4 is 5.32 Å². The van der Waals surface area contributed by atoms with E-state index >= 15 is 0 Å². The van der Waals surface area contributed by atoms with E-state index in [1.54, 1.807) is 27.9 Å². The number of amides is 1. The van der Waals surface area contributed by atoms with Gasteiger partial charge in [-0.05, 0) is 27.2 Å². The van der Waals surface area contributed by atoms with Gasteiger partial charge in [0.25, 0.3) is 0 Å². The Hall–Kier alpha value is -1.65. The molecule has 0 aromatic heterocycles. The summed E-state index contributed by atoms with van der Waals surface area (Å²) in [6.45, 7) is 12.9. The van der Waals surface area contributed by atoms with Gasteiger partial charge in [0, 0.05) is 6.42 Å². The fourth-order valence-electron chi connectivity index (χ4n) is 1.31. The van der Waals surface area contributed by atoms with Crippen LogP contribution in [0, 0.1) is 0 Å². The van der Waals surface area contributed by atoms with Gasteiger partial charge in [0.1, 0.15) is 11.4 Å². The van der Waals surface area contributed by atoms with Gasteiger partial charge in [0.2, 0.25) is 0 Å². The summed E-state index contributed by atoms with van der Waals surface area (Å²) in [5, 5.41) is 2.72. The van der Waals surface area contributed by atoms with Crippen LogP contribution in [0.5, 0.6) is 0 Å². The lowest BCUT2D eigenvalue weighted by molar-refractivity contribution is 0.0493. The molecule has 0 saturated heterocycles. The molecule has 0 bridgehead atoms. The molecule has 0 fully saturated rings. The molecule has 0 radical (unpaired) electrons. The van der Waals surface area contributed by atoms with Crippen molar-refractivity contribution >= 4 is 6.09 Å². The van der Waals surface area contributed by atoms with Crippen molar-refractivity contribution in [3.05, 3.63) is 24.7 Å². The maximum absolute atomic E-state index is 11.7. The molecule has 0 rings (SSSR count). The van der Waals surface area contributed by atoms with Gasteiger partial charge >= 0.3 is 6.09 Å². The third kappa shape index (κ3) is 8.13. The van der Waals surface area contributed by atoms with E-state index in [-0.39, 0.29) is 6.04 Å². The summed E-state index contributed by atoms with van der Waals surface area (Å²) in [6.07, 6.45) is 0.677. The maximum Gasteiger partial charge on any atom is 0.408 e. The number of ether oxygens (including phenoxy) is 3. The van der Waals surface area contributed by atoms with Crippen molar-refractivity contribution in [2.45, 2.75) is 45.3 Å². The average Bonchev–Trinajstić information content (AvgIpc) is 2.30. The third-order valence-corrected chi connectivity index (χ3v) is 2.34. The molecule has 5 nitrogen and oxygen atoms in total. The van der Waals surface area contributed by atoms with Gasteiger partial charge in [-0.25, -0.2) is 4.79 Å². The normalized spacial score (nSPS) is 12.3. The molecule has 1 amide bonds. The third-order valence-electron chi connectivity index (χ3n) is 2.34. The number of carbonyl (C=O) groups excluding carboxylic acids is 1. The minimum Gasteiger partial charge on any atom is -0.502 e. The number of alkyl carbamates (subject to hydrolysis) is 1. The van der Waals surface area contributed by atoms with Gasteiger partial charge in [-0.15, -0.1) is 0 Å². The summed E-state index contributed by atoms with van der Waals surface area (Å²) in [5.74, 6) is 1.11. The average molecular weight is 271 g/mol. The largest absolute Gasteiger partial charge is 0.502 e. The number of allylic oxidation sites excluding steroid dienone is 1. The van der Waals surface area contributed by atoms with Crippen molar-refractivity contribution < 1.29 is 19.0 Å². The molecule has 1 unspecified atom stereocenters. The maximum atomic E-state index is 11.7. The Balaban J connectivity index is 4.47. The number of carbonyl (C=O) groups is 1. The lowest BCUT2D eigenvalue weighted by atomic mass is 10.1. The fraction of sp³-hybridized carbons (Fsp3) is 0.643. The Morgan fingerprint density at radius 1 is 1.21 bits per heavy atom. The topological polar surface area (TPSA) is 56.8 Å². The number of methoxy groups -OCH3 is 2. The molecule has 0 aliphatic carbocycles. The van der Waals surface area contributed by atoms with Crippen molar-refractivity contribution in [2.75, 3.05) is 14.2 Å². The molecule has 0 saturated carbocycles. The minimum atomic E-state index is -0.542. The Kier molecular flexibility index (Phi) is 7.04. The fourth-order valence-corrected chi connectivity index (χ4v) is 1.31. The zero-order valence-corrected chi connectivity index (χ0v) is 12.5. The molecule has 5 heteroatoms. The zero-order valence-electron chi connectivity index (χ0n) is 12.5. The van der Waals surface area contributed by atoms with Crippen LogP contribution in [0.3, 0.4) is 0 Å². The molecule has 0 spiro atoms. The predicted octanol–water partition coefficient (Wildman–Crippen LogP) is 2.98. The van der Waals surface area contributed by atoms with Crippen molar-refractivity contribution in [3.63, 3.8) is 0 Å². The molecule has 1 N–H and O–H groups in total. The first-order valence-corrected chi connectivity index (χ1v) is 6.13. The standard InChI is InChI=1S/C14H25NO4/c1-10(17-6)8-9-12(11(2)18-7)15-13(16)19-14(3,4)5/h12H,1-2,8-9H2,3-7H3,(H,15,16). The van der Waals surface area contributed by atoms with E-state index in [1.165, 1.54) is 7.11 Å². The Morgan fingerprint density at radius 3 is 2.21 bits per heavy atom. The van der Waals surface area contributed by atoms with E-state index in [0.29, 0.717) is 24.4 Å². The van der Waals surface area contributed by atoms with Gasteiger partial charge in [-0.2, -0.15) is 0 Å². The van der Waals surface area contributed by atoms with Crippen LogP contribution in [0.4, 0.5) is 4.79 Å². The molecule has 19 heavy (non-hydrogen) atoms. The Morgan fingerprint density at radius 2 is 1.79 bits per heavy atom. The smallest absolute Gasteiger partial charge is 0.408 e. The highest BCUT2D eigenvalue weighted by molar-refractivity contribution is 5.68. The van der Waals surface area contributed by atoms with Crippen LogP contribution in [-0.2, 0) is 14.2 Å². The number of hydrogen-bond donors (Lipinski definition) is 1. The molecular weight excluding hydrogens is 246 g/mol. The quantitative estimate of drug-likeness (QED) is 0.723. The second kappa shape index (κ2) is 7.71. The van der Waals surface area contributed by atoms with Crippen LogP contribution in [-0.4, -0.2) is 32.0 Å².